The summed E-state index contributed by atoms with van der Waals surface area (Å²) >= 11 is 0. The molecule has 1 amide bonds. The Kier molecular flexibility index (Phi) is 8.52. The molecule has 3 atom stereocenters. The van der Waals surface area contributed by atoms with E-state index in [0.717, 1.165) is 12.1 Å². The van der Waals surface area contributed by atoms with Crippen molar-refractivity contribution in [3.05, 3.63) is 89.0 Å². The van der Waals surface area contributed by atoms with Crippen LogP contribution in [0.25, 0.3) is 11.8 Å². The molecule has 0 aliphatic carbocycles. The first-order chi connectivity index (χ1) is 18.7. The molecule has 0 spiro atoms. The van der Waals surface area contributed by atoms with Gasteiger partial charge in [0, 0.05) is 6.92 Å². The van der Waals surface area contributed by atoms with Gasteiger partial charge < -0.3 is 24.5 Å². The zero-order valence-corrected chi connectivity index (χ0v) is 22.6. The molecule has 0 radical (unpaired) electrons. The van der Waals surface area contributed by atoms with E-state index in [4.69, 9.17) is 14.5 Å². The van der Waals surface area contributed by atoms with Crippen LogP contribution in [0.3, 0.4) is 0 Å². The summed E-state index contributed by atoms with van der Waals surface area (Å²) in [5.74, 6) is -3.57. The number of imidazole rings is 1. The number of rotatable bonds is 8. The minimum Gasteiger partial charge on any atom is -0.483 e. The van der Waals surface area contributed by atoms with E-state index in [1.54, 1.807) is 26.1 Å². The zero-order valence-electron chi connectivity index (χ0n) is 21.7. The Hall–Kier alpha value is -3.48. The third-order valence-corrected chi connectivity index (χ3v) is 6.74. The van der Waals surface area contributed by atoms with Crippen molar-refractivity contribution < 1.29 is 51.3 Å². The van der Waals surface area contributed by atoms with Crippen LogP contribution in [0.5, 0.6) is 0 Å². The Morgan fingerprint density at radius 3 is 2.52 bits per heavy atom. The van der Waals surface area contributed by atoms with Crippen LogP contribution in [0.2, 0.25) is 0 Å². The van der Waals surface area contributed by atoms with E-state index in [2.05, 4.69) is 4.52 Å². The van der Waals surface area contributed by atoms with Gasteiger partial charge in [-0.3, -0.25) is 4.79 Å². The molecular formula is C26H28F3N3O7P+. The fourth-order valence-electron chi connectivity index (χ4n) is 4.48. The lowest BCUT2D eigenvalue weighted by atomic mass is 9.98. The lowest BCUT2D eigenvalue weighted by Crippen LogP contribution is -2.48. The number of hydrogen-bond acceptors (Lipinski definition) is 5. The molecule has 3 aromatic rings. The van der Waals surface area contributed by atoms with Crippen molar-refractivity contribution >= 4 is 19.8 Å². The van der Waals surface area contributed by atoms with Crippen molar-refractivity contribution in [2.45, 2.75) is 45.8 Å². The number of benzene rings is 2. The predicted octanol–water partition coefficient (Wildman–Crippen LogP) is 3.27. The van der Waals surface area contributed by atoms with Gasteiger partial charge in [-0.05, 0) is 55.3 Å². The molecule has 4 rings (SSSR count). The van der Waals surface area contributed by atoms with Crippen LogP contribution >= 0.6 is 7.82 Å². The number of carbonyl (C=O) groups is 1. The molecule has 1 aliphatic rings. The van der Waals surface area contributed by atoms with Crippen molar-refractivity contribution in [3.8, 4) is 5.69 Å². The molecule has 40 heavy (non-hydrogen) atoms. The molecule has 0 unspecified atom stereocenters. The van der Waals surface area contributed by atoms with Crippen LogP contribution in [0.15, 0.2) is 54.7 Å². The number of hydrogen-bond donors (Lipinski definition) is 3. The van der Waals surface area contributed by atoms with Crippen molar-refractivity contribution in [2.24, 2.45) is 0 Å². The molecule has 1 saturated heterocycles. The second kappa shape index (κ2) is 11.6. The Morgan fingerprint density at radius 2 is 1.90 bits per heavy atom. The standard InChI is InChI=1S/C26H27F3N3O7P/c1-15-11-30(13-31(15)14-38-40(35,36)37)23-7-4-18(8-22(23)29)9-24-26(34)32(12-16(2)39-24)25(17(3)33)19-5-6-20(27)21(28)10-19/h4-11,13,16-17,25,33H,12,14H2,1-3H3,(H-,35,36,37)/p+1/b24-9-/t16-,17+,25-/m0/s1. The monoisotopic (exact) mass is 582 g/mol. The Morgan fingerprint density at radius 1 is 1.18 bits per heavy atom. The average Bonchev–Trinajstić information content (AvgIpc) is 3.22. The number of aliphatic hydroxyl groups excluding tert-OH is 1. The number of ether oxygens (including phenoxy) is 1. The maximum absolute atomic E-state index is 15.1. The van der Waals surface area contributed by atoms with E-state index >= 15 is 4.39 Å². The number of aryl methyl sites for hydroxylation is 1. The van der Waals surface area contributed by atoms with Gasteiger partial charge in [-0.2, -0.15) is 4.57 Å². The zero-order chi connectivity index (χ0) is 29.4. The first-order valence-electron chi connectivity index (χ1n) is 12.1. The maximum Gasteiger partial charge on any atom is 0.472 e. The molecule has 214 valence electrons. The van der Waals surface area contributed by atoms with Gasteiger partial charge in [0.05, 0.1) is 18.7 Å². The normalized spacial score (nSPS) is 18.6. The van der Waals surface area contributed by atoms with Crippen LogP contribution in [0.4, 0.5) is 13.2 Å². The van der Waals surface area contributed by atoms with Crippen molar-refractivity contribution in [1.82, 2.24) is 9.47 Å². The Bertz CT molecular complexity index is 1500. The van der Waals surface area contributed by atoms with Gasteiger partial charge in [0.2, 0.25) is 6.73 Å². The number of carbonyl (C=O) groups excluding carboxylic acids is 1. The SMILES string of the molecule is Cc1c[n+](-c2ccc(/C=C3\O[C@@H](C)CN([C@H](c4ccc(F)c(F)c4)[C@@H](C)O)C3=O)cc2F)cn1COP(=O)(O)O. The molecule has 2 aromatic carbocycles. The molecule has 1 aliphatic heterocycles. The van der Waals surface area contributed by atoms with Crippen LogP contribution in [0.1, 0.15) is 36.7 Å². The number of nitrogens with zero attached hydrogens (tertiary/aromatic N) is 3. The third-order valence-electron chi connectivity index (χ3n) is 6.29. The Balaban J connectivity index is 1.60. The summed E-state index contributed by atoms with van der Waals surface area (Å²) in [6.45, 7) is 4.40. The van der Waals surface area contributed by atoms with E-state index in [-0.39, 0.29) is 23.6 Å². The Labute approximate surface area is 227 Å². The first-order valence-corrected chi connectivity index (χ1v) is 13.7. The van der Waals surface area contributed by atoms with Crippen molar-refractivity contribution in [1.29, 1.82) is 0 Å². The van der Waals surface area contributed by atoms with Crippen LogP contribution in [-0.2, 0) is 25.4 Å². The number of morpholine rings is 1. The molecule has 2 heterocycles. The van der Waals surface area contributed by atoms with E-state index in [0.29, 0.717) is 11.3 Å². The fraction of sp³-hybridized carbons (Fsp3) is 0.308. The molecule has 3 N–H and O–H groups in total. The molecule has 1 aromatic heterocycles. The highest BCUT2D eigenvalue weighted by Gasteiger charge is 2.37. The van der Waals surface area contributed by atoms with Gasteiger partial charge in [-0.1, -0.05) is 12.1 Å². The smallest absolute Gasteiger partial charge is 0.472 e. The van der Waals surface area contributed by atoms with Gasteiger partial charge in [0.25, 0.3) is 12.2 Å². The average molecular weight is 582 g/mol. The third kappa shape index (κ3) is 6.62. The van der Waals surface area contributed by atoms with E-state index in [1.165, 1.54) is 51.6 Å². The molecule has 0 bridgehead atoms. The molecule has 14 heteroatoms. The van der Waals surface area contributed by atoms with Crippen molar-refractivity contribution in [3.63, 3.8) is 0 Å². The van der Waals surface area contributed by atoms with Gasteiger partial charge in [-0.15, -0.1) is 0 Å². The number of halogens is 3. The summed E-state index contributed by atoms with van der Waals surface area (Å²) in [7, 11) is -4.69. The number of aliphatic hydroxyl groups is 1. The van der Waals surface area contributed by atoms with Gasteiger partial charge >= 0.3 is 7.82 Å². The summed E-state index contributed by atoms with van der Waals surface area (Å²) in [6, 6.07) is 6.33. The van der Waals surface area contributed by atoms with Gasteiger partial charge in [0.1, 0.15) is 18.0 Å². The van der Waals surface area contributed by atoms with Crippen LogP contribution in [-0.4, -0.2) is 49.0 Å². The summed E-state index contributed by atoms with van der Waals surface area (Å²) in [5, 5.41) is 10.5. The summed E-state index contributed by atoms with van der Waals surface area (Å²) in [4.78, 5) is 32.5. The summed E-state index contributed by atoms with van der Waals surface area (Å²) in [5.41, 5.74) is 1.17. The molecule has 1 fully saturated rings. The van der Waals surface area contributed by atoms with Gasteiger partial charge in [0.15, 0.2) is 28.9 Å². The quantitative estimate of drug-likeness (QED) is 0.212. The second-order valence-electron chi connectivity index (χ2n) is 9.48. The van der Waals surface area contributed by atoms with E-state index in [9.17, 15) is 23.2 Å². The topological polar surface area (TPSA) is 125 Å². The van der Waals surface area contributed by atoms with Crippen molar-refractivity contribution in [2.75, 3.05) is 6.54 Å². The molecule has 10 nitrogen and oxygen atoms in total. The summed E-state index contributed by atoms with van der Waals surface area (Å²) in [6.07, 6.45) is 2.65. The highest BCUT2D eigenvalue weighted by Crippen LogP contribution is 2.36. The van der Waals surface area contributed by atoms with Gasteiger partial charge in [-0.25, -0.2) is 26.8 Å². The maximum atomic E-state index is 15.1. The number of phosphoric ester groups is 1. The lowest BCUT2D eigenvalue weighted by Gasteiger charge is -2.39. The number of amides is 1. The number of aromatic nitrogens is 2. The van der Waals surface area contributed by atoms with Crippen LogP contribution < -0.4 is 4.57 Å². The minimum absolute atomic E-state index is 0.0662. The van der Waals surface area contributed by atoms with Crippen LogP contribution in [0, 0.1) is 24.4 Å². The summed E-state index contributed by atoms with van der Waals surface area (Å²) < 4.78 is 66.6. The van der Waals surface area contributed by atoms with E-state index < -0.39 is 56.2 Å². The largest absolute Gasteiger partial charge is 0.483 e. The van der Waals surface area contributed by atoms with E-state index in [1.807, 2.05) is 0 Å². The highest BCUT2D eigenvalue weighted by molar-refractivity contribution is 7.46. The molecule has 0 saturated carbocycles. The fourth-order valence-corrected chi connectivity index (χ4v) is 4.76. The lowest BCUT2D eigenvalue weighted by molar-refractivity contribution is -0.597. The predicted molar refractivity (Wildman–Crippen MR) is 135 cm³/mol. The first kappa shape index (κ1) is 29.5. The molecular weight excluding hydrogens is 554 g/mol. The minimum atomic E-state index is -4.69. The second-order valence-corrected chi connectivity index (χ2v) is 10.7. The number of phosphoric acid groups is 1. The highest BCUT2D eigenvalue weighted by atomic mass is 31.2.